The van der Waals surface area contributed by atoms with Crippen LogP contribution in [0.4, 0.5) is 0 Å². The first-order valence-corrected chi connectivity index (χ1v) is 26.3. The summed E-state index contributed by atoms with van der Waals surface area (Å²) in [6, 6.07) is 94.5. The van der Waals surface area contributed by atoms with Crippen LogP contribution in [0.3, 0.4) is 0 Å². The Morgan fingerprint density at radius 1 is 0.247 bits per heavy atom. The van der Waals surface area contributed by atoms with Crippen molar-refractivity contribution in [3.05, 3.63) is 313 Å². The number of fused-ring (bicyclic) bond motifs is 4. The summed E-state index contributed by atoms with van der Waals surface area (Å²) in [5.74, 6) is -3.76. The Balaban J connectivity index is 0.000000132. The molecule has 0 radical (unpaired) electrons. The molecule has 0 saturated heterocycles. The molecule has 0 aliphatic carbocycles. The average molecular weight is 1030 g/mol. The van der Waals surface area contributed by atoms with Gasteiger partial charge in [0.05, 0.1) is 22.7 Å². The maximum atomic E-state index is 10.8. The highest BCUT2D eigenvalue weighted by Crippen LogP contribution is 2.54. The lowest BCUT2D eigenvalue weighted by Crippen LogP contribution is -2.38. The van der Waals surface area contributed by atoms with E-state index in [4.69, 9.17) is 15.3 Å². The maximum Gasteiger partial charge on any atom is 0.336 e. The number of hydrogen-bond acceptors (Lipinski definition) is 5. The van der Waals surface area contributed by atoms with Crippen LogP contribution in [0.5, 0.6) is 0 Å². The van der Waals surface area contributed by atoms with Gasteiger partial charge in [-0.05, 0) is 110 Å². The molecule has 376 valence electrons. The van der Waals surface area contributed by atoms with E-state index in [0.717, 1.165) is 43.1 Å². The summed E-state index contributed by atoms with van der Waals surface area (Å²) in [7, 11) is -1.91. The number of carbonyl (C=O) groups is 4. The predicted molar refractivity (Wildman–Crippen MR) is 312 cm³/mol. The SMILES string of the molecule is O=C(O)c1cccc2ccccc12.O=C(O)c1cccc2ccccc12.O=C(O)c1cccc2ccccc12.O=C([O-])c1cccc2ccccc12.c1ccc([P+](c2ccccc2)(c2ccccc2)c2ccccc2)cc1. The number of carboxylic acids is 4. The number of carboxylic acid groups (broad SMARTS) is 4. The van der Waals surface area contributed by atoms with Crippen molar-refractivity contribution in [1.82, 2.24) is 0 Å². The Morgan fingerprint density at radius 2 is 0.442 bits per heavy atom. The topological polar surface area (TPSA) is 152 Å². The third kappa shape index (κ3) is 12.7. The van der Waals surface area contributed by atoms with Crippen molar-refractivity contribution in [2.75, 3.05) is 0 Å². The van der Waals surface area contributed by atoms with Crippen LogP contribution in [-0.2, 0) is 0 Å². The van der Waals surface area contributed by atoms with E-state index in [-0.39, 0.29) is 5.56 Å². The largest absolute Gasteiger partial charge is 0.545 e. The molecule has 0 bridgehead atoms. The van der Waals surface area contributed by atoms with Crippen LogP contribution >= 0.6 is 7.26 Å². The van der Waals surface area contributed by atoms with Crippen LogP contribution in [0, 0.1) is 0 Å². The molecule has 8 nitrogen and oxygen atoms in total. The van der Waals surface area contributed by atoms with E-state index >= 15 is 0 Å². The van der Waals surface area contributed by atoms with Crippen molar-refractivity contribution in [3.63, 3.8) is 0 Å². The highest BCUT2D eigenvalue weighted by molar-refractivity contribution is 8.01. The summed E-state index contributed by atoms with van der Waals surface area (Å²) in [4.78, 5) is 43.1. The third-order valence-corrected chi connectivity index (χ3v) is 16.9. The molecule has 12 aromatic rings. The van der Waals surface area contributed by atoms with Gasteiger partial charge in [0.25, 0.3) is 0 Å². The van der Waals surface area contributed by atoms with Crippen LogP contribution in [0.1, 0.15) is 41.4 Å². The molecule has 9 heteroatoms. The minimum absolute atomic E-state index is 0.248. The number of hydrogen-bond donors (Lipinski definition) is 3. The molecule has 0 spiro atoms. The summed E-state index contributed by atoms with van der Waals surface area (Å²) in [6.45, 7) is 0. The fraction of sp³-hybridized carbons (Fsp3) is 0. The first-order valence-electron chi connectivity index (χ1n) is 24.5. The fourth-order valence-electron chi connectivity index (χ4n) is 9.14. The van der Waals surface area contributed by atoms with Crippen molar-refractivity contribution in [1.29, 1.82) is 0 Å². The second kappa shape index (κ2) is 25.8. The Bertz CT molecular complexity index is 3400. The van der Waals surface area contributed by atoms with E-state index in [1.807, 2.05) is 115 Å². The predicted octanol–water partition coefficient (Wildman–Crippen LogP) is 13.1. The van der Waals surface area contributed by atoms with Crippen LogP contribution in [0.15, 0.2) is 291 Å². The van der Waals surface area contributed by atoms with E-state index in [1.54, 1.807) is 54.6 Å². The molecule has 0 fully saturated rings. The summed E-state index contributed by atoms with van der Waals surface area (Å²) in [6.07, 6.45) is 0. The van der Waals surface area contributed by atoms with Gasteiger partial charge in [0, 0.05) is 5.56 Å². The highest BCUT2D eigenvalue weighted by Gasteiger charge is 2.47. The third-order valence-electron chi connectivity index (χ3n) is 12.6. The van der Waals surface area contributed by atoms with Crippen LogP contribution in [0.25, 0.3) is 43.1 Å². The summed E-state index contributed by atoms with van der Waals surface area (Å²) < 4.78 is 0. The molecular weight excluding hydrogens is 976 g/mol. The molecule has 0 amide bonds. The van der Waals surface area contributed by atoms with Gasteiger partial charge < -0.3 is 25.2 Å². The molecule has 0 aromatic heterocycles. The van der Waals surface area contributed by atoms with Gasteiger partial charge in [-0.25, -0.2) is 14.4 Å². The lowest BCUT2D eigenvalue weighted by molar-refractivity contribution is -0.254. The molecule has 12 rings (SSSR count). The Labute approximate surface area is 446 Å². The zero-order valence-electron chi connectivity index (χ0n) is 41.5. The van der Waals surface area contributed by atoms with Crippen molar-refractivity contribution < 1.29 is 39.6 Å². The van der Waals surface area contributed by atoms with E-state index in [2.05, 4.69) is 121 Å². The van der Waals surface area contributed by atoms with Gasteiger partial charge in [0.1, 0.15) is 28.5 Å². The smallest absolute Gasteiger partial charge is 0.336 e. The molecule has 0 unspecified atom stereocenters. The molecule has 0 heterocycles. The van der Waals surface area contributed by atoms with Crippen molar-refractivity contribution in [2.45, 2.75) is 0 Å². The molecule has 0 aliphatic heterocycles. The normalized spacial score (nSPS) is 10.5. The van der Waals surface area contributed by atoms with Gasteiger partial charge >= 0.3 is 17.9 Å². The minimum Gasteiger partial charge on any atom is -0.545 e. The Hall–Kier alpha value is -10.0. The highest BCUT2D eigenvalue weighted by atomic mass is 31.2. The first kappa shape index (κ1) is 53.3. The summed E-state index contributed by atoms with van der Waals surface area (Å²) in [5.41, 5.74) is 1.33. The number of benzene rings is 12. The van der Waals surface area contributed by atoms with Crippen molar-refractivity contribution >= 4 is 95.4 Å². The molecule has 0 atom stereocenters. The van der Waals surface area contributed by atoms with E-state index in [9.17, 15) is 24.3 Å². The summed E-state index contributed by atoms with van der Waals surface area (Å²) in [5, 5.41) is 49.8. The van der Waals surface area contributed by atoms with Gasteiger partial charge in [-0.3, -0.25) is 0 Å². The number of carbonyl (C=O) groups excluding carboxylic acids is 1. The second-order valence-electron chi connectivity index (χ2n) is 17.3. The zero-order valence-corrected chi connectivity index (χ0v) is 42.4. The van der Waals surface area contributed by atoms with Crippen LogP contribution in [0.2, 0.25) is 0 Å². The van der Waals surface area contributed by atoms with Gasteiger partial charge in [-0.15, -0.1) is 0 Å². The lowest BCUT2D eigenvalue weighted by Gasteiger charge is -2.27. The monoisotopic (exact) mass is 1030 g/mol. The summed E-state index contributed by atoms with van der Waals surface area (Å²) >= 11 is 0. The number of rotatable bonds is 8. The van der Waals surface area contributed by atoms with Crippen molar-refractivity contribution in [3.8, 4) is 0 Å². The minimum atomic E-state index is -1.91. The molecule has 77 heavy (non-hydrogen) atoms. The first-order chi connectivity index (χ1) is 37.6. The maximum absolute atomic E-state index is 10.8. The zero-order chi connectivity index (χ0) is 54.0. The van der Waals surface area contributed by atoms with Crippen LogP contribution < -0.4 is 26.3 Å². The van der Waals surface area contributed by atoms with Crippen molar-refractivity contribution in [2.24, 2.45) is 0 Å². The quantitative estimate of drug-likeness (QED) is 0.127. The average Bonchev–Trinajstić information content (AvgIpc) is 3.48. The second-order valence-corrected chi connectivity index (χ2v) is 20.7. The molecule has 12 aromatic carbocycles. The van der Waals surface area contributed by atoms with Gasteiger partial charge in [-0.2, -0.15) is 0 Å². The molecular formula is C68H51O8P. The van der Waals surface area contributed by atoms with Gasteiger partial charge in [0.2, 0.25) is 0 Å². The standard InChI is InChI=1S/C24H20P.4C11H8O2/c1-5-13-21(14-6-1)25(22-15-7-2-8-16-22,23-17-9-3-10-18-23)24-19-11-4-12-20-24;4*12-11(13)10-7-3-5-8-4-1-2-6-9(8)10/h1-20H;4*1-7H,(H,12,13)/q+1;;;;/p-1. The van der Waals surface area contributed by atoms with Gasteiger partial charge in [0.15, 0.2) is 0 Å². The van der Waals surface area contributed by atoms with E-state index in [0.29, 0.717) is 16.7 Å². The molecule has 0 saturated carbocycles. The number of aromatic carboxylic acids is 4. The van der Waals surface area contributed by atoms with Crippen LogP contribution in [-0.4, -0.2) is 39.2 Å². The molecule has 3 N–H and O–H groups in total. The van der Waals surface area contributed by atoms with E-state index < -0.39 is 31.1 Å². The Kier molecular flexibility index (Phi) is 17.8. The Morgan fingerprint density at radius 3 is 0.675 bits per heavy atom. The van der Waals surface area contributed by atoms with Gasteiger partial charge in [-0.1, -0.05) is 224 Å². The van der Waals surface area contributed by atoms with E-state index in [1.165, 1.54) is 21.2 Å². The molecule has 0 aliphatic rings. The lowest BCUT2D eigenvalue weighted by atomic mass is 10.1. The fourth-order valence-corrected chi connectivity index (χ4v) is 13.4.